The summed E-state index contributed by atoms with van der Waals surface area (Å²) in [5.41, 5.74) is 1.57. The van der Waals surface area contributed by atoms with E-state index in [0.717, 1.165) is 18.4 Å². The highest BCUT2D eigenvalue weighted by atomic mass is 16.6. The molecule has 0 saturated heterocycles. The van der Waals surface area contributed by atoms with Gasteiger partial charge in [-0.05, 0) is 38.8 Å². The average Bonchev–Trinajstić information content (AvgIpc) is 2.73. The van der Waals surface area contributed by atoms with Gasteiger partial charge in [0, 0.05) is 6.20 Å². The number of hydrogen-bond donors (Lipinski definition) is 2. The predicted molar refractivity (Wildman–Crippen MR) is 89.5 cm³/mol. The minimum absolute atomic E-state index is 0.0721. The quantitative estimate of drug-likeness (QED) is 0.801. The normalized spacial score (nSPS) is 11.5. The first-order valence-corrected chi connectivity index (χ1v) is 7.51. The molecule has 124 valence electrons. The zero-order chi connectivity index (χ0) is 17.2. The van der Waals surface area contributed by atoms with Crippen LogP contribution in [0.25, 0.3) is 16.9 Å². The van der Waals surface area contributed by atoms with Gasteiger partial charge >= 0.3 is 6.09 Å². The van der Waals surface area contributed by atoms with E-state index in [9.17, 15) is 9.90 Å². The van der Waals surface area contributed by atoms with Crippen molar-refractivity contribution < 1.29 is 19.1 Å². The van der Waals surface area contributed by atoms with E-state index >= 15 is 0 Å². The molecule has 1 amide bonds. The summed E-state index contributed by atoms with van der Waals surface area (Å²) in [7, 11) is 0. The summed E-state index contributed by atoms with van der Waals surface area (Å²) in [4.78, 5) is 16.2. The summed E-state index contributed by atoms with van der Waals surface area (Å²) < 4.78 is 10.8. The van der Waals surface area contributed by atoms with Crippen LogP contribution in [0.4, 0.5) is 10.7 Å². The van der Waals surface area contributed by atoms with Gasteiger partial charge in [-0.3, -0.25) is 10.3 Å². The monoisotopic (exact) mass is 318 g/mol. The molecule has 2 N–H and O–H groups in total. The highest BCUT2D eigenvalue weighted by molar-refractivity contribution is 5.96. The number of carbonyl (C=O) groups excluding carboxylic acids is 1. The van der Waals surface area contributed by atoms with Crippen molar-refractivity contribution in [3.63, 3.8) is 0 Å². The molecule has 0 bridgehead atoms. The summed E-state index contributed by atoms with van der Waals surface area (Å²) in [6.07, 6.45) is 2.91. The van der Waals surface area contributed by atoms with Crippen LogP contribution in [-0.4, -0.2) is 21.8 Å². The molecule has 0 aliphatic rings. The largest absolute Gasteiger partial charge is 0.508 e. The first-order valence-electron chi connectivity index (χ1n) is 7.51. The maximum atomic E-state index is 11.9. The Balaban J connectivity index is 2.40. The zero-order valence-corrected chi connectivity index (χ0v) is 13.9. The number of rotatable bonds is 4. The third-order valence-corrected chi connectivity index (χ3v) is 3.03. The van der Waals surface area contributed by atoms with Gasteiger partial charge in [-0.15, -0.1) is 0 Å². The van der Waals surface area contributed by atoms with Crippen LogP contribution in [0.5, 0.6) is 0 Å². The Kier molecular flexibility index (Phi) is 4.63. The molecule has 0 radical (unpaired) electrons. The van der Waals surface area contributed by atoms with Crippen molar-refractivity contribution in [2.24, 2.45) is 0 Å². The number of furan rings is 1. The Morgan fingerprint density at radius 2 is 2.17 bits per heavy atom. The van der Waals surface area contributed by atoms with E-state index in [1.54, 1.807) is 27.0 Å². The van der Waals surface area contributed by atoms with Crippen LogP contribution >= 0.6 is 0 Å². The molecule has 6 nitrogen and oxygen atoms in total. The summed E-state index contributed by atoms with van der Waals surface area (Å²) in [5.74, 6) is -0.159. The van der Waals surface area contributed by atoms with E-state index in [0.29, 0.717) is 11.1 Å². The lowest BCUT2D eigenvalue weighted by Crippen LogP contribution is -2.27. The first kappa shape index (κ1) is 16.9. The van der Waals surface area contributed by atoms with Gasteiger partial charge in [0.05, 0.1) is 0 Å². The summed E-state index contributed by atoms with van der Waals surface area (Å²) in [5, 5.41) is 12.3. The molecular formula is C17H22N2O4. The van der Waals surface area contributed by atoms with Crippen molar-refractivity contribution in [2.45, 2.75) is 46.1 Å². The number of aliphatic hydroxyl groups excluding tert-OH is 1. The Labute approximate surface area is 135 Å². The highest BCUT2D eigenvalue weighted by Crippen LogP contribution is 2.33. The Hall–Kier alpha value is -2.50. The number of nitrogens with zero attached hydrogens (tertiary/aromatic N) is 1. The number of ether oxygens (including phenoxy) is 1. The topological polar surface area (TPSA) is 84.6 Å². The number of pyridine rings is 1. The molecular weight excluding hydrogens is 296 g/mol. The number of aromatic nitrogens is 1. The van der Waals surface area contributed by atoms with Crippen LogP contribution in [-0.2, 0) is 11.2 Å². The van der Waals surface area contributed by atoms with Gasteiger partial charge in [0.25, 0.3) is 0 Å². The van der Waals surface area contributed by atoms with E-state index in [-0.39, 0.29) is 17.2 Å². The second kappa shape index (κ2) is 6.32. The molecule has 0 aliphatic heterocycles. The van der Waals surface area contributed by atoms with E-state index in [2.05, 4.69) is 23.8 Å². The van der Waals surface area contributed by atoms with Gasteiger partial charge in [-0.1, -0.05) is 19.9 Å². The minimum atomic E-state index is -0.673. The highest BCUT2D eigenvalue weighted by Gasteiger charge is 2.23. The molecule has 0 saturated carbocycles. The summed E-state index contributed by atoms with van der Waals surface area (Å²) >= 11 is 0. The molecule has 2 aromatic rings. The maximum Gasteiger partial charge on any atom is 0.414 e. The lowest BCUT2D eigenvalue weighted by atomic mass is 10.1. The molecule has 6 heteroatoms. The second-order valence-corrected chi connectivity index (χ2v) is 6.32. The molecule has 2 rings (SSSR count). The molecule has 0 aliphatic carbocycles. The number of carbonyl (C=O) groups is 1. The Bertz CT molecular complexity index is 741. The lowest BCUT2D eigenvalue weighted by Gasteiger charge is -2.19. The third-order valence-electron chi connectivity index (χ3n) is 3.03. The lowest BCUT2D eigenvalue weighted by molar-refractivity contribution is 0.0633. The molecule has 2 aromatic heterocycles. The van der Waals surface area contributed by atoms with Crippen molar-refractivity contribution in [3.05, 3.63) is 30.0 Å². The summed E-state index contributed by atoms with van der Waals surface area (Å²) in [6.45, 7) is 10.9. The number of amides is 1. The van der Waals surface area contributed by atoms with Crippen molar-refractivity contribution in [2.75, 3.05) is 5.32 Å². The van der Waals surface area contributed by atoms with Crippen molar-refractivity contribution in [1.82, 2.24) is 4.98 Å². The zero-order valence-electron chi connectivity index (χ0n) is 13.9. The Morgan fingerprint density at radius 3 is 2.74 bits per heavy atom. The molecule has 0 aromatic carbocycles. The molecule has 23 heavy (non-hydrogen) atoms. The van der Waals surface area contributed by atoms with Crippen LogP contribution < -0.4 is 5.32 Å². The fraction of sp³-hybridized carbons (Fsp3) is 0.412. The smallest absolute Gasteiger partial charge is 0.414 e. The number of anilines is 1. The molecule has 0 spiro atoms. The van der Waals surface area contributed by atoms with E-state index in [4.69, 9.17) is 9.15 Å². The Morgan fingerprint density at radius 1 is 1.48 bits per heavy atom. The fourth-order valence-electron chi connectivity index (χ4n) is 2.20. The third kappa shape index (κ3) is 4.03. The van der Waals surface area contributed by atoms with Gasteiger partial charge in [-0.25, -0.2) is 4.79 Å². The van der Waals surface area contributed by atoms with Gasteiger partial charge in [0.1, 0.15) is 22.4 Å². The van der Waals surface area contributed by atoms with Gasteiger partial charge in [-0.2, -0.15) is 0 Å². The van der Waals surface area contributed by atoms with E-state index < -0.39 is 11.7 Å². The van der Waals surface area contributed by atoms with E-state index in [1.165, 1.54) is 0 Å². The van der Waals surface area contributed by atoms with Crippen LogP contribution in [0.1, 0.15) is 45.2 Å². The SMILES string of the molecule is C=C(O)c1c(NC(=O)OC(C)(C)C)oc2cc(CCC)cnc12. The van der Waals surface area contributed by atoms with Gasteiger partial charge in [0.2, 0.25) is 5.88 Å². The molecule has 0 unspecified atom stereocenters. The van der Waals surface area contributed by atoms with Crippen molar-refractivity contribution in [3.8, 4) is 0 Å². The number of hydrogen-bond acceptors (Lipinski definition) is 5. The fourth-order valence-corrected chi connectivity index (χ4v) is 2.20. The minimum Gasteiger partial charge on any atom is -0.508 e. The number of aryl methyl sites for hydroxylation is 1. The van der Waals surface area contributed by atoms with Crippen LogP contribution in [0.2, 0.25) is 0 Å². The number of aliphatic hydroxyl groups is 1. The molecule has 0 atom stereocenters. The van der Waals surface area contributed by atoms with Gasteiger partial charge in [0.15, 0.2) is 5.58 Å². The van der Waals surface area contributed by atoms with Crippen LogP contribution in [0, 0.1) is 0 Å². The maximum absolute atomic E-state index is 11.9. The second-order valence-electron chi connectivity index (χ2n) is 6.32. The first-order chi connectivity index (χ1) is 10.7. The van der Waals surface area contributed by atoms with E-state index in [1.807, 2.05) is 6.07 Å². The standard InChI is InChI=1S/C17H22N2O4/c1-6-7-11-8-12-14(18-9-11)13(10(2)20)15(22-12)19-16(21)23-17(3,4)5/h8-9,20H,2,6-7H2,1,3-5H3,(H,19,21). The molecule has 2 heterocycles. The van der Waals surface area contributed by atoms with Crippen molar-refractivity contribution in [1.29, 1.82) is 0 Å². The number of nitrogens with one attached hydrogen (secondary N) is 1. The average molecular weight is 318 g/mol. The van der Waals surface area contributed by atoms with Crippen molar-refractivity contribution >= 4 is 28.8 Å². The molecule has 0 fully saturated rings. The van der Waals surface area contributed by atoms with Gasteiger partial charge < -0.3 is 14.3 Å². The predicted octanol–water partition coefficient (Wildman–Crippen LogP) is 4.66. The van der Waals surface area contributed by atoms with Crippen LogP contribution in [0.3, 0.4) is 0 Å². The van der Waals surface area contributed by atoms with Crippen LogP contribution in [0.15, 0.2) is 23.3 Å². The summed E-state index contributed by atoms with van der Waals surface area (Å²) in [6, 6.07) is 1.85. The number of fused-ring (bicyclic) bond motifs is 1.